The first-order valence-electron chi connectivity index (χ1n) is 4.81. The first-order chi connectivity index (χ1) is 6.40. The standard InChI is InChI=1S/C9H18O4S/c1-8(3-5-13-2)9(10)4-6-14(11,12)7-9/h8,10H,3-7H2,1-2H3. The lowest BCUT2D eigenvalue weighted by Gasteiger charge is -2.28. The Morgan fingerprint density at radius 2 is 2.21 bits per heavy atom. The molecule has 4 nitrogen and oxygen atoms in total. The molecule has 1 heterocycles. The van der Waals surface area contributed by atoms with Crippen LogP contribution in [0.5, 0.6) is 0 Å². The SMILES string of the molecule is COCCC(C)C1(O)CCS(=O)(=O)C1. The van der Waals surface area contributed by atoms with Gasteiger partial charge in [0.2, 0.25) is 0 Å². The molecular formula is C9H18O4S. The third-order valence-electron chi connectivity index (χ3n) is 2.99. The number of sulfone groups is 1. The Kier molecular flexibility index (Phi) is 3.55. The van der Waals surface area contributed by atoms with Crippen molar-refractivity contribution in [2.24, 2.45) is 5.92 Å². The van der Waals surface area contributed by atoms with Gasteiger partial charge in [-0.05, 0) is 18.8 Å². The Hall–Kier alpha value is -0.130. The normalized spacial score (nSPS) is 33.1. The largest absolute Gasteiger partial charge is 0.389 e. The molecule has 0 saturated carbocycles. The van der Waals surface area contributed by atoms with Gasteiger partial charge in [0.05, 0.1) is 17.1 Å². The molecule has 0 aliphatic carbocycles. The van der Waals surface area contributed by atoms with Crippen molar-refractivity contribution in [2.75, 3.05) is 25.2 Å². The Bertz CT molecular complexity index is 285. The molecule has 0 aromatic rings. The van der Waals surface area contributed by atoms with Gasteiger partial charge >= 0.3 is 0 Å². The maximum absolute atomic E-state index is 11.2. The van der Waals surface area contributed by atoms with Crippen LogP contribution < -0.4 is 0 Å². The van der Waals surface area contributed by atoms with Crippen molar-refractivity contribution >= 4 is 9.84 Å². The second kappa shape index (κ2) is 4.16. The van der Waals surface area contributed by atoms with Gasteiger partial charge in [-0.15, -0.1) is 0 Å². The van der Waals surface area contributed by atoms with Crippen molar-refractivity contribution < 1.29 is 18.3 Å². The summed E-state index contributed by atoms with van der Waals surface area (Å²) in [6.07, 6.45) is 1.06. The van der Waals surface area contributed by atoms with Crippen LogP contribution in [0.1, 0.15) is 19.8 Å². The molecule has 0 amide bonds. The quantitative estimate of drug-likeness (QED) is 0.738. The Morgan fingerprint density at radius 1 is 1.57 bits per heavy atom. The highest BCUT2D eigenvalue weighted by molar-refractivity contribution is 7.91. The van der Waals surface area contributed by atoms with Crippen molar-refractivity contribution in [3.63, 3.8) is 0 Å². The zero-order chi connectivity index (χ0) is 10.8. The molecule has 1 aliphatic heterocycles. The Morgan fingerprint density at radius 3 is 2.64 bits per heavy atom. The van der Waals surface area contributed by atoms with E-state index in [4.69, 9.17) is 4.74 Å². The molecule has 0 bridgehead atoms. The molecule has 1 fully saturated rings. The Balaban J connectivity index is 2.59. The summed E-state index contributed by atoms with van der Waals surface area (Å²) in [5.41, 5.74) is -1.03. The highest BCUT2D eigenvalue weighted by Crippen LogP contribution is 2.32. The van der Waals surface area contributed by atoms with Crippen LogP contribution in [0, 0.1) is 5.92 Å². The van der Waals surface area contributed by atoms with E-state index in [1.54, 1.807) is 7.11 Å². The van der Waals surface area contributed by atoms with Gasteiger partial charge < -0.3 is 9.84 Å². The average Bonchev–Trinajstić information content (AvgIpc) is 2.38. The Labute approximate surface area is 85.2 Å². The molecule has 2 atom stereocenters. The van der Waals surface area contributed by atoms with E-state index < -0.39 is 15.4 Å². The summed E-state index contributed by atoms with van der Waals surface area (Å²) >= 11 is 0. The molecule has 1 N–H and O–H groups in total. The fraction of sp³-hybridized carbons (Fsp3) is 1.00. The summed E-state index contributed by atoms with van der Waals surface area (Å²) in [6, 6.07) is 0. The van der Waals surface area contributed by atoms with Crippen molar-refractivity contribution in [3.05, 3.63) is 0 Å². The van der Waals surface area contributed by atoms with Crippen LogP contribution in [0.2, 0.25) is 0 Å². The molecule has 0 aromatic carbocycles. The van der Waals surface area contributed by atoms with Crippen molar-refractivity contribution in [3.8, 4) is 0 Å². The van der Waals surface area contributed by atoms with Crippen LogP contribution in [0.3, 0.4) is 0 Å². The minimum atomic E-state index is -3.01. The van der Waals surface area contributed by atoms with Crippen molar-refractivity contribution in [1.29, 1.82) is 0 Å². The molecule has 0 spiro atoms. The van der Waals surface area contributed by atoms with E-state index in [2.05, 4.69) is 0 Å². The number of hydrogen-bond donors (Lipinski definition) is 1. The molecule has 0 aromatic heterocycles. The highest BCUT2D eigenvalue weighted by atomic mass is 32.2. The summed E-state index contributed by atoms with van der Waals surface area (Å²) in [5, 5.41) is 10.1. The van der Waals surface area contributed by atoms with Gasteiger partial charge in [0.15, 0.2) is 9.84 Å². The van der Waals surface area contributed by atoms with Crippen LogP contribution in [0.25, 0.3) is 0 Å². The highest BCUT2D eigenvalue weighted by Gasteiger charge is 2.44. The van der Waals surface area contributed by atoms with Gasteiger partial charge in [-0.25, -0.2) is 8.42 Å². The second-order valence-corrected chi connectivity index (χ2v) is 6.31. The van der Waals surface area contributed by atoms with E-state index in [-0.39, 0.29) is 17.4 Å². The minimum Gasteiger partial charge on any atom is -0.389 e. The molecule has 2 unspecified atom stereocenters. The fourth-order valence-electron chi connectivity index (χ4n) is 1.81. The van der Waals surface area contributed by atoms with E-state index in [1.807, 2.05) is 6.92 Å². The summed E-state index contributed by atoms with van der Waals surface area (Å²) in [7, 11) is -1.42. The van der Waals surface area contributed by atoms with E-state index in [1.165, 1.54) is 0 Å². The third-order valence-corrected chi connectivity index (χ3v) is 4.75. The molecule has 0 radical (unpaired) electrons. The van der Waals surface area contributed by atoms with Gasteiger partial charge in [0.25, 0.3) is 0 Å². The third kappa shape index (κ3) is 2.68. The molecule has 1 aliphatic rings. The van der Waals surface area contributed by atoms with Crippen LogP contribution in [-0.2, 0) is 14.6 Å². The maximum Gasteiger partial charge on any atom is 0.153 e. The smallest absolute Gasteiger partial charge is 0.153 e. The first kappa shape index (κ1) is 11.9. The maximum atomic E-state index is 11.2. The van der Waals surface area contributed by atoms with E-state index in [0.29, 0.717) is 19.4 Å². The zero-order valence-electron chi connectivity index (χ0n) is 8.69. The summed E-state index contributed by atoms with van der Waals surface area (Å²) in [5.74, 6) is -0.00849. The van der Waals surface area contributed by atoms with Gasteiger partial charge in [0.1, 0.15) is 0 Å². The molecule has 1 saturated heterocycles. The van der Waals surface area contributed by atoms with E-state index in [9.17, 15) is 13.5 Å². The first-order valence-corrected chi connectivity index (χ1v) is 6.63. The van der Waals surface area contributed by atoms with Crippen molar-refractivity contribution in [2.45, 2.75) is 25.4 Å². The van der Waals surface area contributed by atoms with Gasteiger partial charge in [-0.2, -0.15) is 0 Å². The van der Waals surface area contributed by atoms with E-state index in [0.717, 1.165) is 0 Å². The molecular weight excluding hydrogens is 204 g/mol. The minimum absolute atomic E-state index is 0.0280. The van der Waals surface area contributed by atoms with Crippen LogP contribution in [-0.4, -0.2) is 44.3 Å². The summed E-state index contributed by atoms with van der Waals surface area (Å²) < 4.78 is 27.4. The summed E-state index contributed by atoms with van der Waals surface area (Å²) in [6.45, 7) is 2.43. The number of hydrogen-bond acceptors (Lipinski definition) is 4. The fourth-order valence-corrected chi connectivity index (χ4v) is 3.81. The predicted octanol–water partition coefficient (Wildman–Crippen LogP) is 0.209. The number of aliphatic hydroxyl groups is 1. The molecule has 5 heteroatoms. The van der Waals surface area contributed by atoms with Crippen LogP contribution >= 0.6 is 0 Å². The lowest BCUT2D eigenvalue weighted by Crippen LogP contribution is -2.38. The molecule has 14 heavy (non-hydrogen) atoms. The summed E-state index contributed by atoms with van der Waals surface area (Å²) in [4.78, 5) is 0. The topological polar surface area (TPSA) is 63.6 Å². The van der Waals surface area contributed by atoms with E-state index >= 15 is 0 Å². The zero-order valence-corrected chi connectivity index (χ0v) is 9.51. The molecule has 84 valence electrons. The lowest BCUT2D eigenvalue weighted by atomic mass is 9.86. The number of methoxy groups -OCH3 is 1. The van der Waals surface area contributed by atoms with Gasteiger partial charge in [-0.3, -0.25) is 0 Å². The van der Waals surface area contributed by atoms with Gasteiger partial charge in [-0.1, -0.05) is 6.92 Å². The lowest BCUT2D eigenvalue weighted by molar-refractivity contribution is 0.000788. The average molecular weight is 222 g/mol. The monoisotopic (exact) mass is 222 g/mol. The predicted molar refractivity (Wildman–Crippen MR) is 53.9 cm³/mol. The van der Waals surface area contributed by atoms with Gasteiger partial charge in [0, 0.05) is 13.7 Å². The number of ether oxygens (including phenoxy) is 1. The molecule has 1 rings (SSSR count). The van der Waals surface area contributed by atoms with Crippen LogP contribution in [0.15, 0.2) is 0 Å². The van der Waals surface area contributed by atoms with Crippen molar-refractivity contribution in [1.82, 2.24) is 0 Å². The second-order valence-electron chi connectivity index (χ2n) is 4.13. The van der Waals surface area contributed by atoms with Crippen LogP contribution in [0.4, 0.5) is 0 Å². The number of rotatable bonds is 4.